The minimum absolute atomic E-state index is 0.491. The van der Waals surface area contributed by atoms with Crippen LogP contribution >= 0.6 is 0 Å². The van der Waals surface area contributed by atoms with Gasteiger partial charge in [0.15, 0.2) is 5.84 Å². The fourth-order valence-electron chi connectivity index (χ4n) is 1.30. The van der Waals surface area contributed by atoms with E-state index >= 15 is 0 Å². The summed E-state index contributed by atoms with van der Waals surface area (Å²) in [4.78, 5) is 12.9. The van der Waals surface area contributed by atoms with Crippen molar-refractivity contribution in [2.24, 2.45) is 15.0 Å². The molecule has 0 aromatic carbocycles. The zero-order chi connectivity index (χ0) is 16.1. The van der Waals surface area contributed by atoms with Gasteiger partial charge in [-0.1, -0.05) is 50.6 Å². The highest BCUT2D eigenvalue weighted by Gasteiger charge is 2.05. The molecule has 0 rings (SSSR count). The van der Waals surface area contributed by atoms with Crippen LogP contribution in [0.15, 0.2) is 88.8 Å². The third kappa shape index (κ3) is 6.82. The second-order valence-corrected chi connectivity index (χ2v) is 3.65. The van der Waals surface area contributed by atoms with Gasteiger partial charge in [-0.2, -0.15) is 0 Å². The number of rotatable bonds is 8. The molecule has 0 radical (unpaired) electrons. The molecule has 0 fully saturated rings. The monoisotopic (exact) mass is 282 g/mol. The molecule has 0 aliphatic carbocycles. The maximum absolute atomic E-state index is 4.42. The van der Waals surface area contributed by atoms with Crippen LogP contribution < -0.4 is 5.32 Å². The Morgan fingerprint density at radius 3 is 1.95 bits per heavy atom. The Morgan fingerprint density at radius 1 is 0.952 bits per heavy atom. The molecule has 0 spiro atoms. The number of likely N-dealkylation sites (N-methyl/N-ethyl adjacent to an activating group) is 1. The van der Waals surface area contributed by atoms with Gasteiger partial charge in [-0.3, -0.25) is 9.98 Å². The van der Waals surface area contributed by atoms with Crippen molar-refractivity contribution in [2.75, 3.05) is 7.05 Å². The van der Waals surface area contributed by atoms with Gasteiger partial charge in [0.05, 0.1) is 11.4 Å². The number of amidine groups is 1. The Morgan fingerprint density at radius 2 is 1.52 bits per heavy atom. The molecule has 0 aromatic rings. The van der Waals surface area contributed by atoms with E-state index in [4.69, 9.17) is 0 Å². The van der Waals surface area contributed by atoms with Crippen molar-refractivity contribution < 1.29 is 0 Å². The van der Waals surface area contributed by atoms with E-state index in [9.17, 15) is 0 Å². The number of allylic oxidation sites excluding steroid dienone is 5. The molecule has 21 heavy (non-hydrogen) atoms. The molecule has 0 saturated heterocycles. The Hall–Kier alpha value is -2.75. The summed E-state index contributed by atoms with van der Waals surface area (Å²) in [5, 5.41) is 2.99. The fraction of sp³-hybridized carbons (Fsp3) is 0.118. The summed E-state index contributed by atoms with van der Waals surface area (Å²) in [6.07, 6.45) is 11.5. The highest BCUT2D eigenvalue weighted by Crippen LogP contribution is 2.13. The van der Waals surface area contributed by atoms with E-state index in [0.717, 1.165) is 0 Å². The predicted molar refractivity (Wildman–Crippen MR) is 95.0 cm³/mol. The zero-order valence-corrected chi connectivity index (χ0v) is 12.7. The van der Waals surface area contributed by atoms with Gasteiger partial charge in [0.25, 0.3) is 0 Å². The summed E-state index contributed by atoms with van der Waals surface area (Å²) < 4.78 is 0. The van der Waals surface area contributed by atoms with E-state index in [1.54, 1.807) is 43.8 Å². The zero-order valence-electron chi connectivity index (χ0n) is 12.7. The molecule has 110 valence electrons. The molecule has 0 atom stereocenters. The van der Waals surface area contributed by atoms with E-state index in [0.29, 0.717) is 22.9 Å². The van der Waals surface area contributed by atoms with E-state index in [1.165, 1.54) is 0 Å². The third-order valence-electron chi connectivity index (χ3n) is 2.21. The molecule has 0 unspecified atom stereocenters. The van der Waals surface area contributed by atoms with Crippen LogP contribution in [0.5, 0.6) is 0 Å². The third-order valence-corrected chi connectivity index (χ3v) is 2.21. The Bertz CT molecular complexity index is 543. The smallest absolute Gasteiger partial charge is 0.152 e. The summed E-state index contributed by atoms with van der Waals surface area (Å²) in [5.74, 6) is 0.587. The second-order valence-electron chi connectivity index (χ2n) is 3.65. The van der Waals surface area contributed by atoms with E-state index in [2.05, 4.69) is 46.6 Å². The van der Waals surface area contributed by atoms with Crippen LogP contribution in [0.2, 0.25) is 0 Å². The average molecular weight is 282 g/mol. The minimum Gasteiger partial charge on any atom is -0.371 e. The number of aliphatic imine (C=N–C) groups is 3. The first-order valence-corrected chi connectivity index (χ1v) is 6.39. The summed E-state index contributed by atoms with van der Waals surface area (Å²) in [6, 6.07) is 0. The summed E-state index contributed by atoms with van der Waals surface area (Å²) >= 11 is 0. The van der Waals surface area contributed by atoms with Crippen molar-refractivity contribution in [1.29, 1.82) is 0 Å². The first-order valence-electron chi connectivity index (χ1n) is 6.39. The van der Waals surface area contributed by atoms with Crippen molar-refractivity contribution in [3.8, 4) is 0 Å². The van der Waals surface area contributed by atoms with Gasteiger partial charge in [-0.05, 0) is 13.0 Å². The van der Waals surface area contributed by atoms with Gasteiger partial charge in [0, 0.05) is 19.5 Å². The molecule has 0 heterocycles. The van der Waals surface area contributed by atoms with Crippen molar-refractivity contribution >= 4 is 18.3 Å². The number of nitrogens with one attached hydrogen (secondary N) is 1. The molecule has 0 saturated carbocycles. The number of nitrogens with zero attached hydrogens (tertiary/aromatic N) is 3. The maximum atomic E-state index is 4.42. The maximum Gasteiger partial charge on any atom is 0.152 e. The predicted octanol–water partition coefficient (Wildman–Crippen LogP) is 3.61. The number of hydrogen-bond donors (Lipinski definition) is 1. The normalized spacial score (nSPS) is 13.5. The molecular weight excluding hydrogens is 260 g/mol. The van der Waals surface area contributed by atoms with Crippen LogP contribution in [0.3, 0.4) is 0 Å². The van der Waals surface area contributed by atoms with Gasteiger partial charge >= 0.3 is 0 Å². The van der Waals surface area contributed by atoms with Crippen LogP contribution in [0.1, 0.15) is 6.92 Å². The molecule has 0 bridgehead atoms. The fourth-order valence-corrected chi connectivity index (χ4v) is 1.30. The van der Waals surface area contributed by atoms with Gasteiger partial charge in [0.2, 0.25) is 0 Å². The van der Waals surface area contributed by atoms with Crippen LogP contribution in [0, 0.1) is 0 Å². The Kier molecular flexibility index (Phi) is 9.65. The summed E-state index contributed by atoms with van der Waals surface area (Å²) in [5.41, 5.74) is 1.77. The minimum atomic E-state index is 0.491. The van der Waals surface area contributed by atoms with Crippen LogP contribution in [-0.4, -0.2) is 25.3 Å². The molecular formula is C17H22N4. The van der Waals surface area contributed by atoms with Crippen LogP contribution in [-0.2, 0) is 0 Å². The quantitative estimate of drug-likeness (QED) is 0.413. The SMILES string of the molecule is C=C/C=N\C(=C/C=C)C(=C)/N=C(NC)/C(=C/C)/N=C\C=C. The lowest BCUT2D eigenvalue weighted by Crippen LogP contribution is -2.20. The summed E-state index contributed by atoms with van der Waals surface area (Å²) in [6.45, 7) is 16.6. The Balaban J connectivity index is 5.53. The highest BCUT2D eigenvalue weighted by atomic mass is 15.0. The largest absolute Gasteiger partial charge is 0.371 e. The highest BCUT2D eigenvalue weighted by molar-refractivity contribution is 6.00. The van der Waals surface area contributed by atoms with Crippen molar-refractivity contribution in [2.45, 2.75) is 6.92 Å². The van der Waals surface area contributed by atoms with Crippen molar-refractivity contribution in [1.82, 2.24) is 5.32 Å². The first-order chi connectivity index (χ1) is 10.1. The average Bonchev–Trinajstić information content (AvgIpc) is 2.50. The first kappa shape index (κ1) is 18.2. The number of hydrogen-bond acceptors (Lipinski definition) is 3. The molecule has 4 nitrogen and oxygen atoms in total. The van der Waals surface area contributed by atoms with Crippen LogP contribution in [0.4, 0.5) is 0 Å². The standard InChI is InChI=1S/C17H22N4/c1-7-11-16(20-13-9-3)14(5)21-17(18-6)15(10-4)19-12-8-2/h7-13H,1-3,5H2,4,6H3,(H,18,21)/b15-10-,16-11-,19-12-,20-13-. The summed E-state index contributed by atoms with van der Waals surface area (Å²) in [7, 11) is 1.77. The van der Waals surface area contributed by atoms with Gasteiger partial charge in [0.1, 0.15) is 5.70 Å². The molecule has 0 aliphatic rings. The van der Waals surface area contributed by atoms with Gasteiger partial charge in [-0.25, -0.2) is 4.99 Å². The lowest BCUT2D eigenvalue weighted by atomic mass is 10.3. The topological polar surface area (TPSA) is 49.1 Å². The molecule has 4 heteroatoms. The van der Waals surface area contributed by atoms with Gasteiger partial charge < -0.3 is 5.32 Å². The Labute approximate surface area is 127 Å². The van der Waals surface area contributed by atoms with E-state index in [1.807, 2.05) is 13.0 Å². The lowest BCUT2D eigenvalue weighted by Gasteiger charge is -2.07. The van der Waals surface area contributed by atoms with E-state index in [-0.39, 0.29) is 0 Å². The van der Waals surface area contributed by atoms with Crippen molar-refractivity contribution in [3.63, 3.8) is 0 Å². The molecule has 0 amide bonds. The lowest BCUT2D eigenvalue weighted by molar-refractivity contribution is 1.12. The van der Waals surface area contributed by atoms with Gasteiger partial charge in [-0.15, -0.1) is 0 Å². The molecule has 1 N–H and O–H groups in total. The molecule has 0 aliphatic heterocycles. The van der Waals surface area contributed by atoms with Crippen molar-refractivity contribution in [3.05, 3.63) is 73.8 Å². The van der Waals surface area contributed by atoms with Crippen LogP contribution in [0.25, 0.3) is 0 Å². The van der Waals surface area contributed by atoms with E-state index < -0.39 is 0 Å². The molecule has 0 aromatic heterocycles. The second kappa shape index (κ2) is 11.1.